The maximum Gasteiger partial charge on any atom is 0.185 e. The lowest BCUT2D eigenvalue weighted by atomic mass is 9.90. The summed E-state index contributed by atoms with van der Waals surface area (Å²) >= 11 is 0. The molecular weight excluding hydrogens is 1210 g/mol. The van der Waals surface area contributed by atoms with Crippen LogP contribution >= 0.6 is 0 Å². The number of piperidine rings is 1. The molecule has 3 saturated heterocycles. The van der Waals surface area contributed by atoms with Gasteiger partial charge in [0.25, 0.3) is 0 Å². The molecular formula is C79H76FN17. The van der Waals surface area contributed by atoms with Crippen molar-refractivity contribution in [3.8, 4) is 97.1 Å². The first kappa shape index (κ1) is 61.0. The van der Waals surface area contributed by atoms with E-state index in [0.29, 0.717) is 23.0 Å². The van der Waals surface area contributed by atoms with Gasteiger partial charge in [0.1, 0.15) is 12.1 Å². The Hall–Kier alpha value is -10.9. The molecule has 6 aromatic heterocycles. The number of halogens is 1. The molecule has 17 nitrogen and oxygen atoms in total. The summed E-state index contributed by atoms with van der Waals surface area (Å²) in [6, 6.07) is 53.6. The van der Waals surface area contributed by atoms with Crippen LogP contribution in [0.5, 0.6) is 0 Å². The van der Waals surface area contributed by atoms with Crippen molar-refractivity contribution in [1.29, 1.82) is 10.5 Å². The summed E-state index contributed by atoms with van der Waals surface area (Å²) < 4.78 is 26.8. The molecule has 0 saturated carbocycles. The fraction of sp³-hybridized carbons (Fsp3) is 0.266. The maximum absolute atomic E-state index is 13.4. The third kappa shape index (κ3) is 11.9. The molecule has 12 heterocycles. The second-order valence-corrected chi connectivity index (χ2v) is 26.8. The summed E-state index contributed by atoms with van der Waals surface area (Å²) in [5.41, 5.74) is 29.5. The van der Waals surface area contributed by atoms with Crippen LogP contribution in [0.4, 0.5) is 15.8 Å². The standard InChI is InChI=1S/C27H26N6.C26H26FN5.C26H24N6/c1-19-16-30-27-26-14-22(21-5-3-20(15-28)4-6-21)17-32(26)18-23-13-24(7-8-25(23)33(19)27)31-11-2-9-29-10-12-31;1-17-13-30(16-21(17)12-28)23-6-7-24-20(10-23)15-31-14-19(18-2-4-22(27)5-3-18)11-25(31)26-29-8-9-32(24)26;27-14-19-1-4-21(5-2-19)22-13-25-26-30-29-17-32(26)24-6-3-20(11-18-7-9-28-10-8-18)12-23(24)16-31(25)15-22/h3-8,13-14,16-17,29H,2,9-12,18H2,1H3;2-11,14,17,21H,12-13,15-16,28H2,1H3;1-6,12-13,15,17-18,28H,7-11,16H2/t;17-,21-;/m.1./s1. The molecule has 18 rings (SSSR count). The number of nitrogens with two attached hydrogens (primary N) is 1. The molecule has 3 fully saturated rings. The minimum absolute atomic E-state index is 0.223. The first-order chi connectivity index (χ1) is 47.6. The van der Waals surface area contributed by atoms with Crippen LogP contribution in [0.2, 0.25) is 0 Å². The van der Waals surface area contributed by atoms with Gasteiger partial charge in [-0.05, 0) is 213 Å². The summed E-state index contributed by atoms with van der Waals surface area (Å²) in [6.07, 6.45) is 19.0. The number of nitrogens with zero attached hydrogens (tertiary/aromatic N) is 14. The number of hydrogen-bond acceptors (Lipinski definition) is 11. The highest BCUT2D eigenvalue weighted by Crippen LogP contribution is 2.40. The molecule has 4 N–H and O–H groups in total. The van der Waals surface area contributed by atoms with Gasteiger partial charge in [-0.1, -0.05) is 55.5 Å². The summed E-state index contributed by atoms with van der Waals surface area (Å²) in [7, 11) is 0. The molecule has 0 spiro atoms. The van der Waals surface area contributed by atoms with Crippen molar-refractivity contribution < 1.29 is 4.39 Å². The Morgan fingerprint density at radius 2 is 1.13 bits per heavy atom. The van der Waals surface area contributed by atoms with Crippen molar-refractivity contribution in [2.45, 2.75) is 59.2 Å². The highest BCUT2D eigenvalue weighted by atomic mass is 19.1. The molecule has 18 heteroatoms. The van der Waals surface area contributed by atoms with Crippen LogP contribution in [0.25, 0.3) is 85.0 Å². The van der Waals surface area contributed by atoms with E-state index in [2.05, 4.69) is 180 Å². The van der Waals surface area contributed by atoms with Crippen LogP contribution in [-0.4, -0.2) is 106 Å². The Labute approximate surface area is 564 Å². The first-order valence-electron chi connectivity index (χ1n) is 34.0. The summed E-state index contributed by atoms with van der Waals surface area (Å²) in [5.74, 6) is 4.43. The highest BCUT2D eigenvalue weighted by Gasteiger charge is 2.31. The summed E-state index contributed by atoms with van der Waals surface area (Å²) in [4.78, 5) is 14.4. The van der Waals surface area contributed by atoms with Crippen LogP contribution in [0.15, 0.2) is 189 Å². The number of hydrogen-bond donors (Lipinski definition) is 3. The predicted octanol–water partition coefficient (Wildman–Crippen LogP) is 13.1. The fourth-order valence-electron chi connectivity index (χ4n) is 15.3. The monoisotopic (exact) mass is 1280 g/mol. The molecule has 0 bridgehead atoms. The van der Waals surface area contributed by atoms with Crippen molar-refractivity contribution in [3.63, 3.8) is 0 Å². The van der Waals surface area contributed by atoms with Crippen LogP contribution in [0.3, 0.4) is 0 Å². The van der Waals surface area contributed by atoms with Crippen LogP contribution < -0.4 is 26.2 Å². The smallest absolute Gasteiger partial charge is 0.185 e. The summed E-state index contributed by atoms with van der Waals surface area (Å²) in [5, 5.41) is 33.9. The van der Waals surface area contributed by atoms with E-state index in [-0.39, 0.29) is 5.82 Å². The van der Waals surface area contributed by atoms with E-state index < -0.39 is 0 Å². The molecule has 12 aromatic rings. The van der Waals surface area contributed by atoms with Gasteiger partial charge in [-0.2, -0.15) is 10.5 Å². The zero-order valence-electron chi connectivity index (χ0n) is 54.7. The number of nitriles is 2. The number of imidazole rings is 2. The van der Waals surface area contributed by atoms with E-state index in [1.165, 1.54) is 64.3 Å². The van der Waals surface area contributed by atoms with E-state index in [1.807, 2.05) is 85.6 Å². The van der Waals surface area contributed by atoms with E-state index in [1.54, 1.807) is 0 Å². The Morgan fingerprint density at radius 3 is 1.77 bits per heavy atom. The second-order valence-electron chi connectivity index (χ2n) is 26.8. The fourth-order valence-corrected chi connectivity index (χ4v) is 15.3. The second kappa shape index (κ2) is 26.0. The Morgan fingerprint density at radius 1 is 0.567 bits per heavy atom. The van der Waals surface area contributed by atoms with E-state index in [9.17, 15) is 4.39 Å². The van der Waals surface area contributed by atoms with Crippen molar-refractivity contribution in [3.05, 3.63) is 234 Å². The first-order valence-corrected chi connectivity index (χ1v) is 34.0. The van der Waals surface area contributed by atoms with Gasteiger partial charge in [-0.25, -0.2) is 14.4 Å². The van der Waals surface area contributed by atoms with Crippen molar-refractivity contribution >= 4 is 11.4 Å². The lowest BCUT2D eigenvalue weighted by Gasteiger charge is -2.24. The quantitative estimate of drug-likeness (QED) is 0.131. The van der Waals surface area contributed by atoms with Gasteiger partial charge in [0.15, 0.2) is 17.5 Å². The zero-order chi connectivity index (χ0) is 65.7. The van der Waals surface area contributed by atoms with E-state index >= 15 is 0 Å². The molecule has 97 heavy (non-hydrogen) atoms. The lowest BCUT2D eigenvalue weighted by molar-refractivity contribution is 0.372. The Bertz CT molecular complexity index is 4950. The van der Waals surface area contributed by atoms with Gasteiger partial charge in [0, 0.05) is 123 Å². The van der Waals surface area contributed by atoms with Crippen LogP contribution in [-0.2, 0) is 26.1 Å². The van der Waals surface area contributed by atoms with Crippen molar-refractivity contribution in [1.82, 2.24) is 58.2 Å². The Kier molecular flexibility index (Phi) is 16.4. The van der Waals surface area contributed by atoms with Crippen molar-refractivity contribution in [2.75, 3.05) is 68.7 Å². The van der Waals surface area contributed by atoms with Crippen LogP contribution in [0, 0.1) is 53.2 Å². The molecule has 0 aliphatic carbocycles. The third-order valence-electron chi connectivity index (χ3n) is 20.6. The summed E-state index contributed by atoms with van der Waals surface area (Å²) in [6.45, 7) is 16.0. The Balaban J connectivity index is 0.000000114. The zero-order valence-corrected chi connectivity index (χ0v) is 54.7. The maximum atomic E-state index is 13.4. The minimum atomic E-state index is -0.223. The van der Waals surface area contributed by atoms with E-state index in [0.717, 1.165) is 182 Å². The average Bonchev–Trinajstić information content (AvgIpc) is 1.34. The average molecular weight is 1280 g/mol. The van der Waals surface area contributed by atoms with Gasteiger partial charge >= 0.3 is 0 Å². The highest BCUT2D eigenvalue weighted by molar-refractivity contribution is 5.76. The van der Waals surface area contributed by atoms with Gasteiger partial charge in [0.05, 0.1) is 57.4 Å². The SMILES string of the molecule is C[C@@H]1CN(c2ccc3c(c2)Cn2cc(-c4ccc(F)cc4)cc2-c2nccn2-3)C[C@H]1CN.Cc1cnc2n1-c1ccc(N3CCCNCC3)cc1Cn1cc(-c3ccc(C#N)cc3)cc1-2.N#Cc1ccc(-c2cc3n(c2)Cc2cc(CC4CCNCC4)ccc2-n2cnnc2-3)cc1. The largest absolute Gasteiger partial charge is 0.371 e. The van der Waals surface area contributed by atoms with Gasteiger partial charge < -0.3 is 39.9 Å². The topological polar surface area (TPSA) is 185 Å². The number of benzene rings is 6. The number of rotatable bonds is 8. The minimum Gasteiger partial charge on any atom is -0.371 e. The molecule has 0 radical (unpaired) electrons. The normalized spacial score (nSPS) is 16.6. The third-order valence-corrected chi connectivity index (χ3v) is 20.6. The molecule has 2 atom stereocenters. The van der Waals surface area contributed by atoms with E-state index in [4.69, 9.17) is 21.2 Å². The van der Waals surface area contributed by atoms with Gasteiger partial charge in [0.2, 0.25) is 0 Å². The van der Waals surface area contributed by atoms with Crippen LogP contribution in [0.1, 0.15) is 65.3 Å². The lowest BCUT2D eigenvalue weighted by Crippen LogP contribution is -2.28. The predicted molar refractivity (Wildman–Crippen MR) is 379 cm³/mol. The molecule has 0 unspecified atom stereocenters. The number of aromatic nitrogens is 10. The van der Waals surface area contributed by atoms with Gasteiger partial charge in [-0.3, -0.25) is 13.7 Å². The number of aryl methyl sites for hydroxylation is 1. The van der Waals surface area contributed by atoms with Crippen molar-refractivity contribution in [2.24, 2.45) is 23.5 Å². The molecule has 0 amide bonds. The molecule has 6 aromatic carbocycles. The number of anilines is 2. The number of fused-ring (bicyclic) bond motifs is 15. The van der Waals surface area contributed by atoms with Gasteiger partial charge in [-0.15, -0.1) is 10.2 Å². The molecule has 484 valence electrons. The number of nitrogens with one attached hydrogen (secondary N) is 2. The molecule has 6 aliphatic rings. The molecule has 6 aliphatic heterocycles.